The van der Waals surface area contributed by atoms with Crippen molar-refractivity contribution in [2.24, 2.45) is 5.10 Å². The number of nitro groups is 1. The lowest BCUT2D eigenvalue weighted by Crippen LogP contribution is -2.40. The van der Waals surface area contributed by atoms with Crippen LogP contribution in [0.4, 0.5) is 11.4 Å². The summed E-state index contributed by atoms with van der Waals surface area (Å²) in [6.45, 7) is 4.09. The summed E-state index contributed by atoms with van der Waals surface area (Å²) in [7, 11) is 0. The molecule has 9 nitrogen and oxygen atoms in total. The van der Waals surface area contributed by atoms with Gasteiger partial charge in [0.05, 0.1) is 29.5 Å². The fourth-order valence-electron chi connectivity index (χ4n) is 3.68. The van der Waals surface area contributed by atoms with E-state index in [4.69, 9.17) is 9.15 Å². The number of nitrogens with zero attached hydrogens (tertiary/aromatic N) is 3. The van der Waals surface area contributed by atoms with E-state index in [2.05, 4.69) is 10.5 Å². The number of hydrogen-bond donors (Lipinski definition) is 1. The van der Waals surface area contributed by atoms with E-state index < -0.39 is 4.92 Å². The molecule has 9 heteroatoms. The number of carbonyl (C=O) groups is 1. The number of amides is 1. The van der Waals surface area contributed by atoms with Gasteiger partial charge in [0.2, 0.25) is 0 Å². The quantitative estimate of drug-likeness (QED) is 0.626. The number of benzene rings is 1. The molecule has 2 aliphatic rings. The van der Waals surface area contributed by atoms with Gasteiger partial charge < -0.3 is 14.1 Å². The maximum atomic E-state index is 12.9. The maximum absolute atomic E-state index is 12.9. The van der Waals surface area contributed by atoms with Crippen LogP contribution in [0, 0.1) is 17.0 Å². The molecule has 1 N–H and O–H groups in total. The number of fused-ring (bicyclic) bond motifs is 1. The number of furan rings is 1. The molecule has 152 valence electrons. The van der Waals surface area contributed by atoms with Crippen molar-refractivity contribution < 1.29 is 18.9 Å². The number of rotatable bonds is 4. The minimum Gasteiger partial charge on any atom is -0.455 e. The van der Waals surface area contributed by atoms with Crippen LogP contribution in [0.5, 0.6) is 0 Å². The van der Waals surface area contributed by atoms with Gasteiger partial charge in [0.15, 0.2) is 5.76 Å². The van der Waals surface area contributed by atoms with E-state index in [-0.39, 0.29) is 11.6 Å². The lowest BCUT2D eigenvalue weighted by molar-refractivity contribution is -0.384. The second-order valence-electron chi connectivity index (χ2n) is 7.09. The highest BCUT2D eigenvalue weighted by molar-refractivity contribution is 6.06. The van der Waals surface area contributed by atoms with Crippen molar-refractivity contribution in [2.75, 3.05) is 31.7 Å². The van der Waals surface area contributed by atoms with Crippen LogP contribution in [0.25, 0.3) is 0 Å². The number of non-ortho nitro benzene ring substituents is 1. The molecular weight excluding hydrogens is 376 g/mol. The number of hydrogen-bond acceptors (Lipinski definition) is 7. The maximum Gasteiger partial charge on any atom is 0.290 e. The Morgan fingerprint density at radius 2 is 1.93 bits per heavy atom. The zero-order valence-corrected chi connectivity index (χ0v) is 16.1. The van der Waals surface area contributed by atoms with Crippen molar-refractivity contribution in [1.29, 1.82) is 0 Å². The predicted molar refractivity (Wildman–Crippen MR) is 106 cm³/mol. The lowest BCUT2D eigenvalue weighted by Gasteiger charge is -2.26. The van der Waals surface area contributed by atoms with Crippen LogP contribution in [-0.4, -0.2) is 47.7 Å². The molecule has 0 unspecified atom stereocenters. The zero-order valence-electron chi connectivity index (χ0n) is 16.1. The fraction of sp³-hybridized carbons (Fsp3) is 0.400. The Labute approximate surface area is 167 Å². The first kappa shape index (κ1) is 19.1. The number of hydrazone groups is 1. The van der Waals surface area contributed by atoms with Gasteiger partial charge in [-0.25, -0.2) is 0 Å². The Bertz CT molecular complexity index is 958. The van der Waals surface area contributed by atoms with Gasteiger partial charge in [-0.15, -0.1) is 0 Å². The summed E-state index contributed by atoms with van der Waals surface area (Å²) in [4.78, 5) is 25.0. The summed E-state index contributed by atoms with van der Waals surface area (Å²) in [5.41, 5.74) is 6.17. The van der Waals surface area contributed by atoms with E-state index in [1.165, 1.54) is 12.1 Å². The van der Waals surface area contributed by atoms with Crippen molar-refractivity contribution in [2.45, 2.75) is 26.2 Å². The Morgan fingerprint density at radius 3 is 2.62 bits per heavy atom. The van der Waals surface area contributed by atoms with Gasteiger partial charge >= 0.3 is 0 Å². The third-order valence-corrected chi connectivity index (χ3v) is 5.22. The first-order chi connectivity index (χ1) is 14.0. The van der Waals surface area contributed by atoms with E-state index >= 15 is 0 Å². The zero-order chi connectivity index (χ0) is 20.4. The molecule has 0 bridgehead atoms. The largest absolute Gasteiger partial charge is 0.455 e. The number of anilines is 1. The number of ether oxygens (including phenoxy) is 1. The van der Waals surface area contributed by atoms with Crippen LogP contribution in [0.2, 0.25) is 0 Å². The average Bonchev–Trinajstić information content (AvgIpc) is 3.10. The predicted octanol–water partition coefficient (Wildman–Crippen LogP) is 3.12. The molecule has 1 aromatic heterocycles. The third kappa shape index (κ3) is 3.86. The Morgan fingerprint density at radius 1 is 1.21 bits per heavy atom. The summed E-state index contributed by atoms with van der Waals surface area (Å²) >= 11 is 0. The molecule has 2 aromatic rings. The highest BCUT2D eigenvalue weighted by atomic mass is 16.6. The first-order valence-corrected chi connectivity index (χ1v) is 9.61. The molecular formula is C20H22N4O5. The lowest BCUT2D eigenvalue weighted by atomic mass is 9.93. The molecule has 0 spiro atoms. The molecule has 1 aromatic carbocycles. The van der Waals surface area contributed by atoms with Gasteiger partial charge in [0, 0.05) is 42.8 Å². The Hall–Kier alpha value is -3.20. The summed E-state index contributed by atoms with van der Waals surface area (Å²) in [6.07, 6.45) is 2.41. The molecule has 1 saturated heterocycles. The molecule has 29 heavy (non-hydrogen) atoms. The SMILES string of the molecule is Cc1c(C(=O)N2CCOCC2)oc2c1/C(=N/Nc1ccc([N+](=O)[O-])cc1)CCC2. The van der Waals surface area contributed by atoms with Crippen molar-refractivity contribution in [3.8, 4) is 0 Å². The summed E-state index contributed by atoms with van der Waals surface area (Å²) in [6, 6.07) is 6.08. The van der Waals surface area contributed by atoms with Crippen LogP contribution < -0.4 is 5.43 Å². The smallest absolute Gasteiger partial charge is 0.290 e. The van der Waals surface area contributed by atoms with Crippen LogP contribution >= 0.6 is 0 Å². The number of nitro benzene ring substituents is 1. The van der Waals surface area contributed by atoms with Crippen LogP contribution in [-0.2, 0) is 11.2 Å². The fourth-order valence-corrected chi connectivity index (χ4v) is 3.68. The van der Waals surface area contributed by atoms with E-state index in [1.807, 2.05) is 6.92 Å². The van der Waals surface area contributed by atoms with Crippen LogP contribution in [0.3, 0.4) is 0 Å². The Kier molecular flexibility index (Phi) is 5.30. The molecule has 0 radical (unpaired) electrons. The molecule has 0 atom stereocenters. The number of carbonyl (C=O) groups excluding carboxylic acids is 1. The average molecular weight is 398 g/mol. The monoisotopic (exact) mass is 398 g/mol. The third-order valence-electron chi connectivity index (χ3n) is 5.22. The molecule has 2 heterocycles. The summed E-state index contributed by atoms with van der Waals surface area (Å²) in [5.74, 6) is 1.05. The molecule has 4 rings (SSSR count). The highest BCUT2D eigenvalue weighted by Gasteiger charge is 2.30. The van der Waals surface area contributed by atoms with Crippen molar-refractivity contribution >= 4 is 23.0 Å². The second-order valence-corrected chi connectivity index (χ2v) is 7.09. The van der Waals surface area contributed by atoms with Crippen LogP contribution in [0.1, 0.15) is 40.3 Å². The highest BCUT2D eigenvalue weighted by Crippen LogP contribution is 2.31. The first-order valence-electron chi connectivity index (χ1n) is 9.61. The van der Waals surface area contributed by atoms with Gasteiger partial charge in [-0.3, -0.25) is 20.3 Å². The van der Waals surface area contributed by atoms with Crippen molar-refractivity contribution in [1.82, 2.24) is 4.90 Å². The van der Waals surface area contributed by atoms with Gasteiger partial charge in [-0.2, -0.15) is 5.10 Å². The normalized spacial score (nSPS) is 17.8. The van der Waals surface area contributed by atoms with E-state index in [1.54, 1.807) is 17.0 Å². The number of morpholine rings is 1. The Balaban J connectivity index is 1.57. The summed E-state index contributed by atoms with van der Waals surface area (Å²) < 4.78 is 11.3. The van der Waals surface area contributed by atoms with Gasteiger partial charge in [-0.05, 0) is 31.9 Å². The molecule has 1 fully saturated rings. The van der Waals surface area contributed by atoms with E-state index in [0.29, 0.717) is 37.8 Å². The van der Waals surface area contributed by atoms with E-state index in [0.717, 1.165) is 41.9 Å². The van der Waals surface area contributed by atoms with Gasteiger partial charge in [-0.1, -0.05) is 0 Å². The molecule has 1 aliphatic heterocycles. The van der Waals surface area contributed by atoms with E-state index in [9.17, 15) is 14.9 Å². The standard InChI is InChI=1S/C20H22N4O5/c1-13-18-16(22-21-14-5-7-15(8-6-14)24(26)27)3-2-4-17(18)29-19(13)20(25)23-9-11-28-12-10-23/h5-8,21H,2-4,9-12H2,1H3/b22-16+. The van der Waals surface area contributed by atoms with Crippen LogP contribution in [0.15, 0.2) is 33.8 Å². The number of aryl methyl sites for hydroxylation is 1. The van der Waals surface area contributed by atoms with Crippen molar-refractivity contribution in [3.63, 3.8) is 0 Å². The summed E-state index contributed by atoms with van der Waals surface area (Å²) in [5, 5.41) is 15.3. The minimum absolute atomic E-state index is 0.0279. The molecule has 1 aliphatic carbocycles. The molecule has 1 amide bonds. The van der Waals surface area contributed by atoms with Crippen molar-refractivity contribution in [3.05, 3.63) is 57.0 Å². The number of nitrogens with one attached hydrogen (secondary N) is 1. The van der Waals surface area contributed by atoms with Gasteiger partial charge in [0.25, 0.3) is 11.6 Å². The molecule has 0 saturated carbocycles. The topological polar surface area (TPSA) is 110 Å². The minimum atomic E-state index is -0.440. The second kappa shape index (κ2) is 8.04. The van der Waals surface area contributed by atoms with Gasteiger partial charge in [0.1, 0.15) is 5.76 Å².